The molecule has 32 heavy (non-hydrogen) atoms. The molecular formula is C25H30N4O3. The Morgan fingerprint density at radius 2 is 2.00 bits per heavy atom. The predicted molar refractivity (Wildman–Crippen MR) is 125 cm³/mol. The normalized spacial score (nSPS) is 14.0. The Morgan fingerprint density at radius 3 is 2.66 bits per heavy atom. The molecule has 0 bridgehead atoms. The van der Waals surface area contributed by atoms with E-state index in [2.05, 4.69) is 28.7 Å². The van der Waals surface area contributed by atoms with E-state index in [4.69, 9.17) is 14.9 Å². The molecule has 4 rings (SSSR count). The van der Waals surface area contributed by atoms with Crippen LogP contribution in [-0.2, 0) is 6.42 Å². The van der Waals surface area contributed by atoms with Gasteiger partial charge in [0, 0.05) is 24.0 Å². The zero-order valence-corrected chi connectivity index (χ0v) is 18.9. The number of hydrogen-bond acceptors (Lipinski definition) is 5. The van der Waals surface area contributed by atoms with Crippen LogP contribution in [0.5, 0.6) is 0 Å². The highest BCUT2D eigenvalue weighted by Crippen LogP contribution is 2.33. The van der Waals surface area contributed by atoms with Gasteiger partial charge in [0.05, 0.1) is 17.3 Å². The van der Waals surface area contributed by atoms with Crippen molar-refractivity contribution in [1.82, 2.24) is 15.4 Å². The van der Waals surface area contributed by atoms with Gasteiger partial charge in [-0.3, -0.25) is 0 Å². The van der Waals surface area contributed by atoms with Crippen LogP contribution in [0.3, 0.4) is 0 Å². The molecule has 7 heteroatoms. The Hall–Kier alpha value is -3.37. The fourth-order valence-electron chi connectivity index (χ4n) is 4.19. The summed E-state index contributed by atoms with van der Waals surface area (Å²) < 4.78 is 5.69. The van der Waals surface area contributed by atoms with Gasteiger partial charge in [0.25, 0.3) is 0 Å². The van der Waals surface area contributed by atoms with Gasteiger partial charge in [0.15, 0.2) is 5.58 Å². The zero-order chi connectivity index (χ0) is 23.1. The van der Waals surface area contributed by atoms with E-state index in [1.807, 2.05) is 39.2 Å². The van der Waals surface area contributed by atoms with Gasteiger partial charge in [-0.25, -0.2) is 4.79 Å². The number of piperidine rings is 1. The summed E-state index contributed by atoms with van der Waals surface area (Å²) in [6.45, 7) is 3.25. The van der Waals surface area contributed by atoms with Crippen molar-refractivity contribution in [3.05, 3.63) is 53.2 Å². The molecule has 1 saturated heterocycles. The topological polar surface area (TPSA) is 102 Å². The molecule has 7 nitrogen and oxygen atoms in total. The minimum absolute atomic E-state index is 0.520. The molecule has 2 aromatic carbocycles. The largest absolute Gasteiger partial charge is 0.465 e. The Kier molecular flexibility index (Phi) is 7.85. The second-order valence-corrected chi connectivity index (χ2v) is 8.19. The third kappa shape index (κ3) is 5.27. The van der Waals surface area contributed by atoms with Gasteiger partial charge in [0.1, 0.15) is 0 Å². The van der Waals surface area contributed by atoms with E-state index in [-0.39, 0.29) is 0 Å². The number of fused-ring (bicyclic) bond motifs is 1. The van der Waals surface area contributed by atoms with Crippen LogP contribution in [0.4, 0.5) is 4.79 Å². The van der Waals surface area contributed by atoms with Gasteiger partial charge >= 0.3 is 6.09 Å². The summed E-state index contributed by atoms with van der Waals surface area (Å²) in [5.74, 6) is 0.520. The molecule has 0 saturated carbocycles. The molecule has 3 aromatic rings. The van der Waals surface area contributed by atoms with Gasteiger partial charge in [0.2, 0.25) is 0 Å². The molecule has 0 aliphatic carbocycles. The van der Waals surface area contributed by atoms with Crippen LogP contribution in [0.15, 0.2) is 40.9 Å². The zero-order valence-electron chi connectivity index (χ0n) is 18.9. The highest BCUT2D eigenvalue weighted by molar-refractivity contribution is 5.89. The van der Waals surface area contributed by atoms with Crippen molar-refractivity contribution in [3.63, 3.8) is 0 Å². The molecule has 0 spiro atoms. The average molecular weight is 435 g/mol. The Morgan fingerprint density at radius 1 is 1.28 bits per heavy atom. The first kappa shape index (κ1) is 23.3. The number of likely N-dealkylation sites (tertiary alicyclic amines) is 1. The summed E-state index contributed by atoms with van der Waals surface area (Å²) in [5, 5.41) is 26.3. The molecule has 0 radical (unpaired) electrons. The Balaban J connectivity index is 0.000000913. The second-order valence-electron chi connectivity index (χ2n) is 8.19. The van der Waals surface area contributed by atoms with Crippen molar-refractivity contribution >= 4 is 17.1 Å². The lowest BCUT2D eigenvalue weighted by atomic mass is 9.91. The van der Waals surface area contributed by atoms with Crippen LogP contribution in [-0.4, -0.2) is 48.4 Å². The summed E-state index contributed by atoms with van der Waals surface area (Å²) >= 11 is 0. The molecule has 1 fully saturated rings. The van der Waals surface area contributed by atoms with E-state index in [1.165, 1.54) is 4.90 Å². The number of hydrogen-bond donors (Lipinski definition) is 2. The van der Waals surface area contributed by atoms with Gasteiger partial charge in [-0.15, -0.1) is 0 Å². The minimum Gasteiger partial charge on any atom is -0.465 e. The van der Waals surface area contributed by atoms with Crippen LogP contribution >= 0.6 is 0 Å². The first-order chi connectivity index (χ1) is 15.5. The van der Waals surface area contributed by atoms with Crippen molar-refractivity contribution in [3.8, 4) is 17.2 Å². The molecule has 168 valence electrons. The molecule has 1 aliphatic rings. The summed E-state index contributed by atoms with van der Waals surface area (Å²) in [6.07, 6.45) is 2.80. The third-order valence-corrected chi connectivity index (χ3v) is 5.94. The number of nitrogens with one attached hydrogen (secondary N) is 1. The molecular weight excluding hydrogens is 404 g/mol. The van der Waals surface area contributed by atoms with Gasteiger partial charge in [-0.1, -0.05) is 23.4 Å². The number of rotatable bonds is 4. The smallest absolute Gasteiger partial charge is 0.407 e. The summed E-state index contributed by atoms with van der Waals surface area (Å²) in [7, 11) is 3.75. The number of carboxylic acid groups (broad SMARTS) is 1. The van der Waals surface area contributed by atoms with Crippen LogP contribution in [0.2, 0.25) is 0 Å². The molecule has 0 atom stereocenters. The van der Waals surface area contributed by atoms with Crippen molar-refractivity contribution < 1.29 is 14.4 Å². The van der Waals surface area contributed by atoms with E-state index >= 15 is 0 Å². The van der Waals surface area contributed by atoms with E-state index in [0.717, 1.165) is 59.0 Å². The third-order valence-electron chi connectivity index (χ3n) is 5.94. The summed E-state index contributed by atoms with van der Waals surface area (Å²) in [4.78, 5) is 12.5. The average Bonchev–Trinajstić information content (AvgIpc) is 3.23. The van der Waals surface area contributed by atoms with E-state index in [1.54, 1.807) is 6.07 Å². The maximum atomic E-state index is 11.0. The monoisotopic (exact) mass is 434 g/mol. The number of nitriles is 1. The maximum absolute atomic E-state index is 11.0. The van der Waals surface area contributed by atoms with E-state index < -0.39 is 6.09 Å². The van der Waals surface area contributed by atoms with Crippen molar-refractivity contribution in [2.45, 2.75) is 32.6 Å². The van der Waals surface area contributed by atoms with E-state index in [9.17, 15) is 4.79 Å². The highest BCUT2D eigenvalue weighted by Gasteiger charge is 2.23. The minimum atomic E-state index is -0.822. The quantitative estimate of drug-likeness (QED) is 0.609. The summed E-state index contributed by atoms with van der Waals surface area (Å²) in [5.41, 5.74) is 5.44. The molecule has 0 unspecified atom stereocenters. The lowest BCUT2D eigenvalue weighted by Crippen LogP contribution is -2.37. The van der Waals surface area contributed by atoms with Gasteiger partial charge in [-0.2, -0.15) is 5.26 Å². The van der Waals surface area contributed by atoms with Crippen molar-refractivity contribution in [2.75, 3.05) is 27.2 Å². The number of amides is 1. The predicted octanol–water partition coefficient (Wildman–Crippen LogP) is 4.83. The number of aromatic nitrogens is 1. The fraction of sp³-hybridized carbons (Fsp3) is 0.400. The van der Waals surface area contributed by atoms with Crippen LogP contribution < -0.4 is 5.32 Å². The maximum Gasteiger partial charge on any atom is 0.407 e. The van der Waals surface area contributed by atoms with Crippen molar-refractivity contribution in [1.29, 1.82) is 5.26 Å². The SMILES string of the molecule is CNC.Cc1c(-c2cccc(C#N)c2)ccc2c(CCC3CCN(C(=O)O)CC3)noc12. The molecule has 1 aliphatic heterocycles. The second kappa shape index (κ2) is 10.8. The number of carbonyl (C=O) groups is 1. The number of aryl methyl sites for hydroxylation is 2. The molecule has 1 amide bonds. The molecule has 1 aromatic heterocycles. The number of nitrogens with zero attached hydrogens (tertiary/aromatic N) is 3. The summed E-state index contributed by atoms with van der Waals surface area (Å²) in [6, 6.07) is 13.9. The van der Waals surface area contributed by atoms with Gasteiger partial charge in [-0.05, 0) is 81.9 Å². The molecule has 2 N–H and O–H groups in total. The standard InChI is InChI=1S/C23H23N3O3.C2H7N/c1-15-19(18-4-2-3-17(13-18)14-24)6-7-20-21(25-29-22(15)20)8-5-16-9-11-26(12-10-16)23(27)28;1-3-2/h2-4,6-7,13,16H,5,8-12H2,1H3,(H,27,28);3H,1-2H3. The fourth-order valence-corrected chi connectivity index (χ4v) is 4.19. The number of benzene rings is 2. The van der Waals surface area contributed by atoms with Gasteiger partial charge < -0.3 is 19.8 Å². The van der Waals surface area contributed by atoms with Crippen molar-refractivity contribution in [2.24, 2.45) is 5.92 Å². The van der Waals surface area contributed by atoms with Crippen LogP contribution in [0.25, 0.3) is 22.1 Å². The highest BCUT2D eigenvalue weighted by atomic mass is 16.5. The van der Waals surface area contributed by atoms with E-state index in [0.29, 0.717) is 24.6 Å². The van der Waals surface area contributed by atoms with Crippen LogP contribution in [0.1, 0.15) is 36.1 Å². The first-order valence-corrected chi connectivity index (χ1v) is 10.9. The lowest BCUT2D eigenvalue weighted by Gasteiger charge is -2.29. The molecule has 2 heterocycles. The first-order valence-electron chi connectivity index (χ1n) is 10.9. The van der Waals surface area contributed by atoms with Crippen LogP contribution in [0, 0.1) is 24.2 Å². The lowest BCUT2D eigenvalue weighted by molar-refractivity contribution is 0.123. The Bertz CT molecular complexity index is 1110. The Labute approximate surface area is 188 Å².